The summed E-state index contributed by atoms with van der Waals surface area (Å²) in [5, 5.41) is 5.02. The summed E-state index contributed by atoms with van der Waals surface area (Å²) < 4.78 is 1.70. The standard InChI is InChI=1S/C15H21ClN4/c1-10-4-6-12(7-5-10)8-13(18-17)9-14-11(2)19-20(3)15(14)16/h4-7,13,18H,8-9,17H2,1-3H3. The van der Waals surface area contributed by atoms with E-state index in [1.807, 2.05) is 14.0 Å². The van der Waals surface area contributed by atoms with Gasteiger partial charge in [-0.05, 0) is 32.3 Å². The smallest absolute Gasteiger partial charge is 0.130 e. The van der Waals surface area contributed by atoms with Crippen LogP contribution in [0.5, 0.6) is 0 Å². The van der Waals surface area contributed by atoms with Gasteiger partial charge in [0.25, 0.3) is 0 Å². The molecule has 1 aromatic heterocycles. The first-order valence-corrected chi connectivity index (χ1v) is 7.08. The Balaban J connectivity index is 2.11. The summed E-state index contributed by atoms with van der Waals surface area (Å²) in [6.07, 6.45) is 1.63. The van der Waals surface area contributed by atoms with Crippen molar-refractivity contribution in [1.82, 2.24) is 15.2 Å². The van der Waals surface area contributed by atoms with Crippen molar-refractivity contribution in [3.63, 3.8) is 0 Å². The lowest BCUT2D eigenvalue weighted by Gasteiger charge is -2.16. The summed E-state index contributed by atoms with van der Waals surface area (Å²) in [5.41, 5.74) is 7.42. The lowest BCUT2D eigenvalue weighted by molar-refractivity contribution is 0.521. The highest BCUT2D eigenvalue weighted by molar-refractivity contribution is 6.30. The Labute approximate surface area is 124 Å². The van der Waals surface area contributed by atoms with E-state index < -0.39 is 0 Å². The molecular weight excluding hydrogens is 272 g/mol. The van der Waals surface area contributed by atoms with Gasteiger partial charge in [-0.25, -0.2) is 0 Å². The Morgan fingerprint density at radius 1 is 1.25 bits per heavy atom. The molecule has 1 atom stereocenters. The highest BCUT2D eigenvalue weighted by Gasteiger charge is 2.16. The fourth-order valence-electron chi connectivity index (χ4n) is 2.35. The maximum Gasteiger partial charge on any atom is 0.130 e. The molecule has 2 rings (SSSR count). The first-order valence-electron chi connectivity index (χ1n) is 6.71. The minimum atomic E-state index is 0.137. The van der Waals surface area contributed by atoms with Crippen molar-refractivity contribution in [2.24, 2.45) is 12.9 Å². The van der Waals surface area contributed by atoms with E-state index in [2.05, 4.69) is 41.7 Å². The average molecular weight is 293 g/mol. The maximum absolute atomic E-state index is 6.27. The molecule has 20 heavy (non-hydrogen) atoms. The van der Waals surface area contributed by atoms with Gasteiger partial charge in [0.15, 0.2) is 0 Å². The van der Waals surface area contributed by atoms with Crippen LogP contribution in [0.2, 0.25) is 5.15 Å². The molecule has 0 fully saturated rings. The third-order valence-electron chi connectivity index (χ3n) is 3.56. The highest BCUT2D eigenvalue weighted by Crippen LogP contribution is 2.21. The van der Waals surface area contributed by atoms with E-state index in [0.717, 1.165) is 24.1 Å². The fourth-order valence-corrected chi connectivity index (χ4v) is 2.60. The minimum absolute atomic E-state index is 0.137. The van der Waals surface area contributed by atoms with E-state index in [1.165, 1.54) is 11.1 Å². The normalized spacial score (nSPS) is 12.7. The number of aromatic nitrogens is 2. The van der Waals surface area contributed by atoms with Gasteiger partial charge in [-0.3, -0.25) is 16.0 Å². The van der Waals surface area contributed by atoms with E-state index in [1.54, 1.807) is 4.68 Å². The van der Waals surface area contributed by atoms with Crippen LogP contribution in [0.15, 0.2) is 24.3 Å². The molecule has 0 aliphatic carbocycles. The molecule has 1 heterocycles. The lowest BCUT2D eigenvalue weighted by atomic mass is 9.99. The van der Waals surface area contributed by atoms with Gasteiger partial charge < -0.3 is 0 Å². The summed E-state index contributed by atoms with van der Waals surface area (Å²) in [6, 6.07) is 8.64. The van der Waals surface area contributed by atoms with E-state index in [-0.39, 0.29) is 6.04 Å². The van der Waals surface area contributed by atoms with Gasteiger partial charge in [-0.2, -0.15) is 5.10 Å². The van der Waals surface area contributed by atoms with Crippen molar-refractivity contribution in [1.29, 1.82) is 0 Å². The van der Waals surface area contributed by atoms with Crippen molar-refractivity contribution >= 4 is 11.6 Å². The second-order valence-electron chi connectivity index (χ2n) is 5.24. The van der Waals surface area contributed by atoms with Crippen molar-refractivity contribution in [2.45, 2.75) is 32.7 Å². The number of hydrazine groups is 1. The number of nitrogens with one attached hydrogen (secondary N) is 1. The van der Waals surface area contributed by atoms with Gasteiger partial charge in [0.1, 0.15) is 5.15 Å². The minimum Gasteiger partial charge on any atom is -0.271 e. The van der Waals surface area contributed by atoms with Crippen LogP contribution in [0.25, 0.3) is 0 Å². The first-order chi connectivity index (χ1) is 9.51. The molecule has 5 heteroatoms. The number of nitrogens with two attached hydrogens (primary N) is 1. The Morgan fingerprint density at radius 2 is 1.90 bits per heavy atom. The number of halogens is 1. The zero-order valence-electron chi connectivity index (χ0n) is 12.2. The van der Waals surface area contributed by atoms with Crippen LogP contribution in [-0.4, -0.2) is 15.8 Å². The number of aryl methyl sites for hydroxylation is 3. The van der Waals surface area contributed by atoms with Gasteiger partial charge in [-0.1, -0.05) is 41.4 Å². The van der Waals surface area contributed by atoms with Gasteiger partial charge in [0, 0.05) is 18.7 Å². The van der Waals surface area contributed by atoms with Crippen LogP contribution in [0, 0.1) is 13.8 Å². The predicted molar refractivity (Wildman–Crippen MR) is 82.7 cm³/mol. The van der Waals surface area contributed by atoms with Crippen molar-refractivity contribution in [3.05, 3.63) is 51.8 Å². The van der Waals surface area contributed by atoms with Crippen LogP contribution < -0.4 is 11.3 Å². The van der Waals surface area contributed by atoms with Gasteiger partial charge in [0.05, 0.1) is 5.69 Å². The number of benzene rings is 1. The molecule has 1 unspecified atom stereocenters. The first kappa shape index (κ1) is 15.0. The summed E-state index contributed by atoms with van der Waals surface area (Å²) >= 11 is 6.27. The molecule has 2 aromatic rings. The second kappa shape index (κ2) is 6.39. The molecule has 0 bridgehead atoms. The zero-order chi connectivity index (χ0) is 14.7. The summed E-state index contributed by atoms with van der Waals surface area (Å²) in [4.78, 5) is 0. The largest absolute Gasteiger partial charge is 0.271 e. The molecule has 0 saturated carbocycles. The number of hydrogen-bond donors (Lipinski definition) is 2. The Hall–Kier alpha value is -1.36. The number of nitrogens with zero attached hydrogens (tertiary/aromatic N) is 2. The molecule has 0 spiro atoms. The topological polar surface area (TPSA) is 55.9 Å². The summed E-state index contributed by atoms with van der Waals surface area (Å²) in [6.45, 7) is 4.06. The molecular formula is C15H21ClN4. The Kier molecular flexibility index (Phi) is 4.81. The quantitative estimate of drug-likeness (QED) is 0.657. The van der Waals surface area contributed by atoms with E-state index in [4.69, 9.17) is 17.4 Å². The monoisotopic (exact) mass is 292 g/mol. The van der Waals surface area contributed by atoms with Gasteiger partial charge >= 0.3 is 0 Å². The van der Waals surface area contributed by atoms with E-state index in [9.17, 15) is 0 Å². The summed E-state index contributed by atoms with van der Waals surface area (Å²) in [7, 11) is 1.85. The van der Waals surface area contributed by atoms with E-state index >= 15 is 0 Å². The molecule has 0 aliphatic heterocycles. The van der Waals surface area contributed by atoms with Crippen LogP contribution in [0.1, 0.15) is 22.4 Å². The van der Waals surface area contributed by atoms with E-state index in [0.29, 0.717) is 5.15 Å². The lowest BCUT2D eigenvalue weighted by Crippen LogP contribution is -2.38. The highest BCUT2D eigenvalue weighted by atomic mass is 35.5. The number of hydrogen-bond acceptors (Lipinski definition) is 3. The molecule has 0 aliphatic rings. The molecule has 3 N–H and O–H groups in total. The molecule has 108 valence electrons. The van der Waals surface area contributed by atoms with Gasteiger partial charge in [-0.15, -0.1) is 0 Å². The summed E-state index contributed by atoms with van der Waals surface area (Å²) in [5.74, 6) is 5.69. The Bertz CT molecular complexity index is 574. The predicted octanol–water partition coefficient (Wildman–Crippen LogP) is 2.31. The third-order valence-corrected chi connectivity index (χ3v) is 4.03. The van der Waals surface area contributed by atoms with Crippen LogP contribution in [0.4, 0.5) is 0 Å². The van der Waals surface area contributed by atoms with Crippen molar-refractivity contribution in [2.75, 3.05) is 0 Å². The second-order valence-corrected chi connectivity index (χ2v) is 5.59. The molecule has 0 amide bonds. The molecule has 0 saturated heterocycles. The van der Waals surface area contributed by atoms with Crippen molar-refractivity contribution < 1.29 is 0 Å². The maximum atomic E-state index is 6.27. The van der Waals surface area contributed by atoms with Crippen LogP contribution >= 0.6 is 11.6 Å². The third kappa shape index (κ3) is 3.39. The molecule has 1 aromatic carbocycles. The van der Waals surface area contributed by atoms with Crippen molar-refractivity contribution in [3.8, 4) is 0 Å². The fraction of sp³-hybridized carbons (Fsp3) is 0.400. The SMILES string of the molecule is Cc1ccc(CC(Cc2c(C)nn(C)c2Cl)NN)cc1. The average Bonchev–Trinajstić information content (AvgIpc) is 2.66. The van der Waals surface area contributed by atoms with Crippen LogP contribution in [-0.2, 0) is 19.9 Å². The molecule has 0 radical (unpaired) electrons. The van der Waals surface area contributed by atoms with Crippen LogP contribution in [0.3, 0.4) is 0 Å². The molecule has 4 nitrogen and oxygen atoms in total. The number of rotatable bonds is 5. The zero-order valence-corrected chi connectivity index (χ0v) is 12.9. The Morgan fingerprint density at radius 3 is 2.40 bits per heavy atom. The van der Waals surface area contributed by atoms with Gasteiger partial charge in [0.2, 0.25) is 0 Å².